The number of pyridine rings is 1. The predicted molar refractivity (Wildman–Crippen MR) is 74.4 cm³/mol. The third-order valence-electron chi connectivity index (χ3n) is 2.80. The highest BCUT2D eigenvalue weighted by molar-refractivity contribution is 5.38. The molecule has 1 aromatic rings. The van der Waals surface area contributed by atoms with Gasteiger partial charge in [0.2, 0.25) is 0 Å². The molecule has 17 heavy (non-hydrogen) atoms. The highest BCUT2D eigenvalue weighted by atomic mass is 15.2. The van der Waals surface area contributed by atoms with Gasteiger partial charge in [-0.05, 0) is 31.0 Å². The highest BCUT2D eigenvalue weighted by Gasteiger charge is 2.01. The second-order valence-electron chi connectivity index (χ2n) is 4.48. The fourth-order valence-electron chi connectivity index (χ4n) is 1.67. The van der Waals surface area contributed by atoms with Crippen LogP contribution in [-0.4, -0.2) is 25.1 Å². The summed E-state index contributed by atoms with van der Waals surface area (Å²) in [5.41, 5.74) is 1.26. The van der Waals surface area contributed by atoms with Crippen molar-refractivity contribution >= 4 is 5.82 Å². The zero-order chi connectivity index (χ0) is 12.5. The van der Waals surface area contributed by atoms with Crippen LogP contribution in [0.15, 0.2) is 18.3 Å². The lowest BCUT2D eigenvalue weighted by molar-refractivity contribution is 0.673. The molecule has 0 aliphatic rings. The van der Waals surface area contributed by atoms with Crippen LogP contribution in [0.1, 0.15) is 38.7 Å². The van der Waals surface area contributed by atoms with Crippen molar-refractivity contribution in [1.29, 1.82) is 0 Å². The van der Waals surface area contributed by atoms with Crippen molar-refractivity contribution in [2.45, 2.75) is 39.7 Å². The molecule has 0 saturated heterocycles. The highest BCUT2D eigenvalue weighted by Crippen LogP contribution is 2.10. The van der Waals surface area contributed by atoms with Crippen molar-refractivity contribution < 1.29 is 0 Å². The molecule has 1 heterocycles. The van der Waals surface area contributed by atoms with Gasteiger partial charge in [-0.2, -0.15) is 0 Å². The minimum atomic E-state index is 0.916. The van der Waals surface area contributed by atoms with E-state index in [1.54, 1.807) is 0 Å². The number of aromatic nitrogens is 1. The molecule has 1 aromatic heterocycles. The molecule has 0 spiro atoms. The summed E-state index contributed by atoms with van der Waals surface area (Å²) in [6, 6.07) is 4.27. The van der Waals surface area contributed by atoms with Gasteiger partial charge < -0.3 is 10.2 Å². The molecule has 1 rings (SSSR count). The van der Waals surface area contributed by atoms with Crippen molar-refractivity contribution in [3.8, 4) is 0 Å². The second kappa shape index (κ2) is 8.07. The fraction of sp³-hybridized carbons (Fsp3) is 0.643. The van der Waals surface area contributed by atoms with Crippen LogP contribution in [0.3, 0.4) is 0 Å². The van der Waals surface area contributed by atoms with Crippen LogP contribution in [-0.2, 0) is 6.54 Å². The fourth-order valence-corrected chi connectivity index (χ4v) is 1.67. The molecule has 0 saturated carbocycles. The van der Waals surface area contributed by atoms with Crippen LogP contribution in [0.2, 0.25) is 0 Å². The molecule has 0 aliphatic heterocycles. The molecule has 3 heteroatoms. The van der Waals surface area contributed by atoms with Crippen molar-refractivity contribution in [1.82, 2.24) is 10.3 Å². The van der Waals surface area contributed by atoms with Gasteiger partial charge in [-0.15, -0.1) is 0 Å². The Bertz CT molecular complexity index is 295. The summed E-state index contributed by atoms with van der Waals surface area (Å²) in [4.78, 5) is 6.71. The second-order valence-corrected chi connectivity index (χ2v) is 4.48. The summed E-state index contributed by atoms with van der Waals surface area (Å²) >= 11 is 0. The van der Waals surface area contributed by atoms with Crippen LogP contribution >= 0.6 is 0 Å². The Hall–Kier alpha value is -1.09. The predicted octanol–water partition coefficient (Wildman–Crippen LogP) is 2.82. The zero-order valence-corrected chi connectivity index (χ0v) is 11.4. The lowest BCUT2D eigenvalue weighted by Gasteiger charge is -2.17. The van der Waals surface area contributed by atoms with Crippen molar-refractivity contribution in [2.24, 2.45) is 0 Å². The molecule has 0 fully saturated rings. The quantitative estimate of drug-likeness (QED) is 0.702. The first-order valence-electron chi connectivity index (χ1n) is 6.64. The lowest BCUT2D eigenvalue weighted by atomic mass is 10.2. The van der Waals surface area contributed by atoms with Gasteiger partial charge in [-0.1, -0.05) is 26.3 Å². The van der Waals surface area contributed by atoms with Gasteiger partial charge in [0.1, 0.15) is 5.82 Å². The topological polar surface area (TPSA) is 28.2 Å². The molecule has 0 atom stereocenters. The molecular weight excluding hydrogens is 210 g/mol. The first kappa shape index (κ1) is 14.0. The van der Waals surface area contributed by atoms with Crippen LogP contribution in [0.25, 0.3) is 0 Å². The molecular formula is C14H25N3. The number of anilines is 1. The Labute approximate surface area is 105 Å². The van der Waals surface area contributed by atoms with Crippen molar-refractivity contribution in [3.63, 3.8) is 0 Å². The summed E-state index contributed by atoms with van der Waals surface area (Å²) in [6.07, 6.45) is 5.59. The molecule has 0 bridgehead atoms. The molecule has 3 nitrogen and oxygen atoms in total. The van der Waals surface area contributed by atoms with E-state index < -0.39 is 0 Å². The third kappa shape index (κ3) is 5.18. The van der Waals surface area contributed by atoms with Gasteiger partial charge in [-0.3, -0.25) is 0 Å². The van der Waals surface area contributed by atoms with Gasteiger partial charge in [-0.25, -0.2) is 4.98 Å². The van der Waals surface area contributed by atoms with E-state index in [9.17, 15) is 0 Å². The standard InChI is InChI=1S/C14H25N3/c1-4-6-10-17(3)14-8-7-13(12-16-14)11-15-9-5-2/h7-8,12,15H,4-6,9-11H2,1-3H3. The number of rotatable bonds is 8. The smallest absolute Gasteiger partial charge is 0.128 e. The van der Waals surface area contributed by atoms with Gasteiger partial charge in [0.05, 0.1) is 0 Å². The average Bonchev–Trinajstić information content (AvgIpc) is 2.37. The van der Waals surface area contributed by atoms with E-state index in [4.69, 9.17) is 0 Å². The molecule has 0 aromatic carbocycles. The summed E-state index contributed by atoms with van der Waals surface area (Å²) in [7, 11) is 2.10. The van der Waals surface area contributed by atoms with E-state index in [-0.39, 0.29) is 0 Å². The van der Waals surface area contributed by atoms with Crippen LogP contribution < -0.4 is 10.2 Å². The molecule has 0 radical (unpaired) electrons. The minimum Gasteiger partial charge on any atom is -0.360 e. The SMILES string of the molecule is CCCCN(C)c1ccc(CNCCC)cn1. The Kier molecular flexibility index (Phi) is 6.63. The maximum absolute atomic E-state index is 4.50. The summed E-state index contributed by atoms with van der Waals surface area (Å²) < 4.78 is 0. The molecule has 0 amide bonds. The number of nitrogens with zero attached hydrogens (tertiary/aromatic N) is 2. The number of nitrogens with one attached hydrogen (secondary N) is 1. The van der Waals surface area contributed by atoms with Crippen molar-refractivity contribution in [3.05, 3.63) is 23.9 Å². The minimum absolute atomic E-state index is 0.916. The van der Waals surface area contributed by atoms with Gasteiger partial charge in [0.25, 0.3) is 0 Å². The Morgan fingerprint density at radius 2 is 2.06 bits per heavy atom. The van der Waals surface area contributed by atoms with Crippen LogP contribution in [0.4, 0.5) is 5.82 Å². The normalized spacial score (nSPS) is 10.5. The van der Waals surface area contributed by atoms with E-state index in [0.29, 0.717) is 0 Å². The molecule has 96 valence electrons. The molecule has 0 unspecified atom stereocenters. The maximum atomic E-state index is 4.50. The molecule has 0 aliphatic carbocycles. The maximum Gasteiger partial charge on any atom is 0.128 e. The summed E-state index contributed by atoms with van der Waals surface area (Å²) in [5, 5.41) is 3.38. The number of unbranched alkanes of at least 4 members (excludes halogenated alkanes) is 1. The number of hydrogen-bond donors (Lipinski definition) is 1. The van der Waals surface area contributed by atoms with E-state index >= 15 is 0 Å². The van der Waals surface area contributed by atoms with E-state index in [1.165, 1.54) is 24.8 Å². The average molecular weight is 235 g/mol. The van der Waals surface area contributed by atoms with E-state index in [2.05, 4.69) is 48.2 Å². The Morgan fingerprint density at radius 1 is 1.24 bits per heavy atom. The van der Waals surface area contributed by atoms with E-state index in [0.717, 1.165) is 25.5 Å². The van der Waals surface area contributed by atoms with E-state index in [1.807, 2.05) is 6.20 Å². The lowest BCUT2D eigenvalue weighted by Crippen LogP contribution is -2.20. The zero-order valence-electron chi connectivity index (χ0n) is 11.4. The van der Waals surface area contributed by atoms with Gasteiger partial charge in [0, 0.05) is 26.3 Å². The van der Waals surface area contributed by atoms with Gasteiger partial charge >= 0.3 is 0 Å². The largest absolute Gasteiger partial charge is 0.360 e. The van der Waals surface area contributed by atoms with Crippen LogP contribution in [0.5, 0.6) is 0 Å². The summed E-state index contributed by atoms with van der Waals surface area (Å²) in [5.74, 6) is 1.07. The first-order valence-corrected chi connectivity index (χ1v) is 6.64. The first-order chi connectivity index (χ1) is 8.27. The Morgan fingerprint density at radius 3 is 2.65 bits per heavy atom. The van der Waals surface area contributed by atoms with Crippen LogP contribution in [0, 0.1) is 0 Å². The van der Waals surface area contributed by atoms with Gasteiger partial charge in [0.15, 0.2) is 0 Å². The Balaban J connectivity index is 2.43. The van der Waals surface area contributed by atoms with Crippen molar-refractivity contribution in [2.75, 3.05) is 25.0 Å². The number of hydrogen-bond acceptors (Lipinski definition) is 3. The third-order valence-corrected chi connectivity index (χ3v) is 2.80. The summed E-state index contributed by atoms with van der Waals surface area (Å²) in [6.45, 7) is 7.45. The monoisotopic (exact) mass is 235 g/mol. The molecule has 1 N–H and O–H groups in total.